The molecule has 2 aliphatic rings. The van der Waals surface area contributed by atoms with Crippen molar-refractivity contribution >= 4 is 40.2 Å². The Labute approximate surface area is 229 Å². The second-order valence-electron chi connectivity index (χ2n) is 9.52. The Morgan fingerprint density at radius 2 is 1.92 bits per heavy atom. The summed E-state index contributed by atoms with van der Waals surface area (Å²) in [5, 5.41) is 0.867. The Hall–Kier alpha value is -2.57. The third-order valence-corrected chi connectivity index (χ3v) is 6.98. The van der Waals surface area contributed by atoms with Gasteiger partial charge in [0.1, 0.15) is 5.75 Å². The zero-order valence-corrected chi connectivity index (χ0v) is 23.2. The average Bonchev–Trinajstić information content (AvgIpc) is 3.07. The summed E-state index contributed by atoms with van der Waals surface area (Å²) in [7, 11) is 0. The smallest absolute Gasteiger partial charge is 0.177 e. The minimum atomic E-state index is -0.300. The lowest BCUT2D eigenvalue weighted by molar-refractivity contribution is -0.113. The van der Waals surface area contributed by atoms with Crippen molar-refractivity contribution in [3.05, 3.63) is 87.7 Å². The molecule has 5 nitrogen and oxygen atoms in total. The van der Waals surface area contributed by atoms with Gasteiger partial charge in [0.2, 0.25) is 0 Å². The first-order valence-electron chi connectivity index (χ1n) is 12.6. The third kappa shape index (κ3) is 6.66. The molecule has 0 spiro atoms. The lowest BCUT2D eigenvalue weighted by Gasteiger charge is -2.30. The van der Waals surface area contributed by atoms with Crippen LogP contribution in [0.5, 0.6) is 5.75 Å². The Bertz CT molecular complexity index is 1230. The van der Waals surface area contributed by atoms with Crippen LogP contribution in [-0.4, -0.2) is 37.3 Å². The van der Waals surface area contributed by atoms with Gasteiger partial charge in [-0.05, 0) is 75.1 Å². The summed E-state index contributed by atoms with van der Waals surface area (Å²) in [5.74, 6) is 0.633. The molecule has 0 aliphatic carbocycles. The van der Waals surface area contributed by atoms with Crippen molar-refractivity contribution < 1.29 is 19.0 Å². The van der Waals surface area contributed by atoms with E-state index in [0.29, 0.717) is 22.3 Å². The number of rotatable bonds is 8. The lowest BCUT2D eigenvalue weighted by Crippen LogP contribution is -2.30. The summed E-state index contributed by atoms with van der Waals surface area (Å²) >= 11 is 12.7. The first-order valence-corrected chi connectivity index (χ1v) is 13.4. The fourth-order valence-corrected chi connectivity index (χ4v) is 4.96. The number of benzene rings is 2. The van der Waals surface area contributed by atoms with Crippen LogP contribution in [0.2, 0.25) is 10.0 Å². The highest BCUT2D eigenvalue weighted by molar-refractivity contribution is 6.42. The fraction of sp³-hybridized carbons (Fsp3) is 0.367. The van der Waals surface area contributed by atoms with Gasteiger partial charge in [-0.15, -0.1) is 0 Å². The molecule has 2 aromatic rings. The van der Waals surface area contributed by atoms with Gasteiger partial charge in [-0.3, -0.25) is 4.79 Å². The molecule has 0 bridgehead atoms. The normalized spacial score (nSPS) is 19.1. The van der Waals surface area contributed by atoms with E-state index in [1.807, 2.05) is 74.4 Å². The highest BCUT2D eigenvalue weighted by Gasteiger charge is 2.29. The molecule has 2 aromatic carbocycles. The molecular weight excluding hydrogens is 509 g/mol. The molecule has 0 amide bonds. The average molecular weight is 543 g/mol. The zero-order valence-electron chi connectivity index (χ0n) is 21.7. The molecule has 2 atom stereocenters. The summed E-state index contributed by atoms with van der Waals surface area (Å²) in [5.41, 5.74) is 3.72. The number of hydrogen-bond donors (Lipinski definition) is 0. The van der Waals surface area contributed by atoms with Crippen molar-refractivity contribution in [1.82, 2.24) is 0 Å². The van der Waals surface area contributed by atoms with Crippen LogP contribution in [0, 0.1) is 0 Å². The second kappa shape index (κ2) is 12.3. The minimum Gasteiger partial charge on any atom is -0.491 e. The van der Waals surface area contributed by atoms with Gasteiger partial charge in [0.25, 0.3) is 0 Å². The topological polar surface area (TPSA) is 48.0 Å². The number of allylic oxidation sites excluding steroid dienone is 3. The van der Waals surface area contributed by atoms with E-state index in [1.165, 1.54) is 0 Å². The number of carbonyl (C=O) groups is 1. The molecule has 1 saturated heterocycles. The molecule has 0 N–H and O–H groups in total. The molecule has 196 valence electrons. The van der Waals surface area contributed by atoms with Crippen LogP contribution >= 0.6 is 23.2 Å². The van der Waals surface area contributed by atoms with Gasteiger partial charge in [0, 0.05) is 37.1 Å². The van der Waals surface area contributed by atoms with Crippen molar-refractivity contribution in [2.45, 2.75) is 58.8 Å². The van der Waals surface area contributed by atoms with Crippen molar-refractivity contribution in [1.29, 1.82) is 0 Å². The molecule has 4 rings (SSSR count). The van der Waals surface area contributed by atoms with Gasteiger partial charge >= 0.3 is 0 Å². The molecule has 2 aliphatic heterocycles. The van der Waals surface area contributed by atoms with Crippen molar-refractivity contribution in [3.63, 3.8) is 0 Å². The first-order chi connectivity index (χ1) is 17.7. The molecule has 1 fully saturated rings. The highest BCUT2D eigenvalue weighted by atomic mass is 35.5. The van der Waals surface area contributed by atoms with Gasteiger partial charge in [-0.25, -0.2) is 0 Å². The Kier molecular flexibility index (Phi) is 9.14. The van der Waals surface area contributed by atoms with E-state index in [2.05, 4.69) is 0 Å². The van der Waals surface area contributed by atoms with E-state index in [9.17, 15) is 4.79 Å². The number of nitrogens with zero attached hydrogens (tertiary/aromatic N) is 1. The largest absolute Gasteiger partial charge is 0.491 e. The fourth-order valence-electron chi connectivity index (χ4n) is 4.66. The predicted octanol–water partition coefficient (Wildman–Crippen LogP) is 7.63. The summed E-state index contributed by atoms with van der Waals surface area (Å²) in [6, 6.07) is 13.2. The van der Waals surface area contributed by atoms with Crippen LogP contribution in [0.3, 0.4) is 0 Å². The van der Waals surface area contributed by atoms with Gasteiger partial charge < -0.3 is 19.1 Å². The maximum Gasteiger partial charge on any atom is 0.177 e. The summed E-state index contributed by atoms with van der Waals surface area (Å²) in [6.07, 6.45) is 7.46. The van der Waals surface area contributed by atoms with E-state index >= 15 is 0 Å². The molecule has 2 unspecified atom stereocenters. The second-order valence-corrected chi connectivity index (χ2v) is 10.3. The molecule has 0 radical (unpaired) electrons. The highest BCUT2D eigenvalue weighted by Crippen LogP contribution is 2.39. The van der Waals surface area contributed by atoms with Gasteiger partial charge in [0.05, 0.1) is 40.7 Å². The number of Topliss-reactive ketones (excluding diaryl/α,β-unsaturated/α-hetero) is 1. The molecule has 7 heteroatoms. The molecular formula is C30H33Cl2NO4. The van der Waals surface area contributed by atoms with Crippen LogP contribution < -0.4 is 9.64 Å². The van der Waals surface area contributed by atoms with Crippen molar-refractivity contribution in [2.24, 2.45) is 0 Å². The summed E-state index contributed by atoms with van der Waals surface area (Å²) in [6.45, 7) is 8.88. The maximum atomic E-state index is 13.4. The Balaban J connectivity index is 1.85. The van der Waals surface area contributed by atoms with Crippen LogP contribution in [-0.2, 0) is 14.3 Å². The van der Waals surface area contributed by atoms with E-state index in [4.69, 9.17) is 37.4 Å². The maximum absolute atomic E-state index is 13.4. The summed E-state index contributed by atoms with van der Waals surface area (Å²) < 4.78 is 18.0. The van der Waals surface area contributed by atoms with Gasteiger partial charge in [-0.2, -0.15) is 0 Å². The van der Waals surface area contributed by atoms with Gasteiger partial charge in [-0.1, -0.05) is 41.4 Å². The van der Waals surface area contributed by atoms with E-state index in [1.54, 1.807) is 19.1 Å². The number of ketones is 1. The first kappa shape index (κ1) is 27.5. The SMILES string of the molecule is CC(=O)C1=C(c2ccc(Cl)c(Cl)c2)C(C(C)OC2CCCOC2)=CC=CN1c1cccc(OC(C)C)c1. The lowest BCUT2D eigenvalue weighted by atomic mass is 9.90. The number of carbonyl (C=O) groups excluding carboxylic acids is 1. The number of halogens is 2. The van der Waals surface area contributed by atoms with Gasteiger partial charge in [0.15, 0.2) is 5.78 Å². The predicted molar refractivity (Wildman–Crippen MR) is 150 cm³/mol. The Morgan fingerprint density at radius 1 is 1.11 bits per heavy atom. The van der Waals surface area contributed by atoms with E-state index < -0.39 is 0 Å². The molecule has 2 heterocycles. The van der Waals surface area contributed by atoms with Crippen molar-refractivity contribution in [3.8, 4) is 5.75 Å². The van der Waals surface area contributed by atoms with Crippen molar-refractivity contribution in [2.75, 3.05) is 18.1 Å². The zero-order chi connectivity index (χ0) is 26.5. The number of hydrogen-bond acceptors (Lipinski definition) is 5. The Morgan fingerprint density at radius 3 is 2.59 bits per heavy atom. The minimum absolute atomic E-state index is 0.00585. The van der Waals surface area contributed by atoms with Crippen LogP contribution in [0.25, 0.3) is 5.57 Å². The van der Waals surface area contributed by atoms with Crippen LogP contribution in [0.15, 0.2) is 72.1 Å². The molecule has 37 heavy (non-hydrogen) atoms. The molecule has 0 aromatic heterocycles. The standard InChI is InChI=1S/C30H33Cl2NO4/c1-19(2)36-24-9-5-8-23(17-24)33-14-6-11-26(21(4)37-25-10-7-15-35-18-25)29(30(33)20(3)34)22-12-13-27(31)28(32)16-22/h5-6,8-9,11-14,16-17,19,21,25H,7,10,15,18H2,1-4H3. The molecule has 0 saturated carbocycles. The third-order valence-electron chi connectivity index (χ3n) is 6.24. The number of anilines is 1. The van der Waals surface area contributed by atoms with Crippen LogP contribution in [0.1, 0.15) is 46.1 Å². The quantitative estimate of drug-likeness (QED) is 0.343. The number of ether oxygens (including phenoxy) is 3. The van der Waals surface area contributed by atoms with E-state index in [-0.39, 0.29) is 24.1 Å². The van der Waals surface area contributed by atoms with E-state index in [0.717, 1.165) is 47.6 Å². The van der Waals surface area contributed by atoms with Crippen LogP contribution in [0.4, 0.5) is 5.69 Å². The monoisotopic (exact) mass is 541 g/mol. The summed E-state index contributed by atoms with van der Waals surface area (Å²) in [4.78, 5) is 15.3.